The van der Waals surface area contributed by atoms with E-state index < -0.39 is 0 Å². The molecule has 0 saturated heterocycles. The van der Waals surface area contributed by atoms with Gasteiger partial charge < -0.3 is 5.32 Å². The van der Waals surface area contributed by atoms with E-state index in [4.69, 9.17) is 0 Å². The molecule has 8 heteroatoms. The molecule has 0 aliphatic carbocycles. The number of fused-ring (bicyclic) bond motifs is 1. The molecule has 0 unspecified atom stereocenters. The fourth-order valence-corrected chi connectivity index (χ4v) is 4.63. The van der Waals surface area contributed by atoms with Crippen molar-refractivity contribution in [3.63, 3.8) is 0 Å². The highest BCUT2D eigenvalue weighted by Crippen LogP contribution is 2.34. The Hall–Kier alpha value is -2.84. The van der Waals surface area contributed by atoms with Gasteiger partial charge in [0, 0.05) is 11.3 Å². The lowest BCUT2D eigenvalue weighted by Gasteiger charge is -2.09. The number of rotatable bonds is 6. The number of nitrogens with zero attached hydrogens (tertiary/aromatic N) is 3. The van der Waals surface area contributed by atoms with Crippen molar-refractivity contribution in [3.8, 4) is 11.3 Å². The summed E-state index contributed by atoms with van der Waals surface area (Å²) in [5.74, 6) is -0.158. The van der Waals surface area contributed by atoms with Crippen LogP contribution in [0.25, 0.3) is 21.5 Å². The van der Waals surface area contributed by atoms with Crippen LogP contribution >= 0.6 is 23.3 Å². The van der Waals surface area contributed by atoms with Gasteiger partial charge in [0.1, 0.15) is 33.1 Å². The second-order valence-corrected chi connectivity index (χ2v) is 7.98. The first-order chi connectivity index (χ1) is 14.2. The topological polar surface area (TPSA) is 67.8 Å². The van der Waals surface area contributed by atoms with E-state index in [0.29, 0.717) is 16.2 Å². The molecular formula is C21H17FN4OS2. The molecule has 0 aliphatic rings. The molecule has 0 radical (unpaired) electrons. The molecule has 5 nitrogen and oxygen atoms in total. The van der Waals surface area contributed by atoms with Crippen LogP contribution in [0.2, 0.25) is 0 Å². The predicted molar refractivity (Wildman–Crippen MR) is 116 cm³/mol. The smallest absolute Gasteiger partial charge is 0.234 e. The quantitative estimate of drug-likeness (QED) is 0.341. The van der Waals surface area contributed by atoms with Crippen LogP contribution < -0.4 is 5.32 Å². The van der Waals surface area contributed by atoms with Gasteiger partial charge in [-0.25, -0.2) is 14.4 Å². The Labute approximate surface area is 175 Å². The van der Waals surface area contributed by atoms with Gasteiger partial charge in [0.2, 0.25) is 5.91 Å². The van der Waals surface area contributed by atoms with Gasteiger partial charge in [-0.15, -0.1) is 0 Å². The minimum absolute atomic E-state index is 0.0917. The molecule has 0 aliphatic heterocycles. The van der Waals surface area contributed by atoms with E-state index in [1.807, 2.05) is 24.3 Å². The average Bonchev–Trinajstić information content (AvgIpc) is 3.18. The van der Waals surface area contributed by atoms with Crippen LogP contribution in [0.3, 0.4) is 0 Å². The van der Waals surface area contributed by atoms with Crippen LogP contribution in [0.15, 0.2) is 59.9 Å². The van der Waals surface area contributed by atoms with Crippen molar-refractivity contribution in [1.29, 1.82) is 0 Å². The summed E-state index contributed by atoms with van der Waals surface area (Å²) in [6.07, 6.45) is 2.32. The third-order valence-electron chi connectivity index (χ3n) is 4.35. The number of carbonyl (C=O) groups is 1. The first kappa shape index (κ1) is 19.5. The number of anilines is 1. The Balaban J connectivity index is 1.51. The monoisotopic (exact) mass is 424 g/mol. The van der Waals surface area contributed by atoms with E-state index in [0.717, 1.165) is 27.9 Å². The molecule has 2 heterocycles. The first-order valence-electron chi connectivity index (χ1n) is 9.02. The zero-order valence-electron chi connectivity index (χ0n) is 15.6. The number of thioether (sulfide) groups is 1. The second-order valence-electron chi connectivity index (χ2n) is 6.24. The number of amides is 1. The molecule has 29 heavy (non-hydrogen) atoms. The standard InChI is InChI=1S/C21H17FN4OS2/c1-2-13-5-3-4-6-16(13)25-17(27)11-28-21-20-19(23-12-24-21)18(26-29-20)14-7-9-15(22)10-8-14/h3-10,12H,2,11H2,1H3,(H,25,27). The van der Waals surface area contributed by atoms with Gasteiger partial charge in [-0.1, -0.05) is 36.9 Å². The minimum Gasteiger partial charge on any atom is -0.325 e. The number of para-hydroxylation sites is 1. The number of halogens is 1. The summed E-state index contributed by atoms with van der Waals surface area (Å²) in [7, 11) is 0. The van der Waals surface area contributed by atoms with Gasteiger partial charge >= 0.3 is 0 Å². The van der Waals surface area contributed by atoms with E-state index in [1.165, 1.54) is 41.8 Å². The maximum Gasteiger partial charge on any atom is 0.234 e. The Morgan fingerprint density at radius 1 is 1.14 bits per heavy atom. The number of hydrogen-bond acceptors (Lipinski definition) is 6. The van der Waals surface area contributed by atoms with Crippen molar-refractivity contribution >= 4 is 45.1 Å². The Morgan fingerprint density at radius 3 is 2.72 bits per heavy atom. The number of hydrogen-bond donors (Lipinski definition) is 1. The molecule has 0 fully saturated rings. The second kappa shape index (κ2) is 8.67. The van der Waals surface area contributed by atoms with Gasteiger partial charge in [-0.3, -0.25) is 4.79 Å². The highest BCUT2D eigenvalue weighted by Gasteiger charge is 2.16. The average molecular weight is 425 g/mol. The Morgan fingerprint density at radius 2 is 1.93 bits per heavy atom. The number of benzene rings is 2. The van der Waals surface area contributed by atoms with Crippen molar-refractivity contribution in [2.75, 3.05) is 11.1 Å². The maximum absolute atomic E-state index is 13.2. The summed E-state index contributed by atoms with van der Waals surface area (Å²) in [5.41, 5.74) is 4.12. The molecule has 0 saturated carbocycles. The molecule has 0 spiro atoms. The highest BCUT2D eigenvalue weighted by atomic mass is 32.2. The molecule has 0 atom stereocenters. The number of nitrogens with one attached hydrogen (secondary N) is 1. The zero-order chi connectivity index (χ0) is 20.2. The van der Waals surface area contributed by atoms with Crippen LogP contribution in [-0.2, 0) is 11.2 Å². The van der Waals surface area contributed by atoms with E-state index >= 15 is 0 Å². The predicted octanol–water partition coefficient (Wildman–Crippen LogP) is 5.19. The lowest BCUT2D eigenvalue weighted by atomic mass is 10.1. The van der Waals surface area contributed by atoms with Gasteiger partial charge in [0.05, 0.1) is 5.75 Å². The minimum atomic E-state index is -0.296. The maximum atomic E-state index is 13.2. The van der Waals surface area contributed by atoms with E-state index in [2.05, 4.69) is 26.6 Å². The van der Waals surface area contributed by atoms with Crippen LogP contribution in [0.1, 0.15) is 12.5 Å². The molecule has 0 bridgehead atoms. The van der Waals surface area contributed by atoms with Gasteiger partial charge in [-0.2, -0.15) is 4.37 Å². The van der Waals surface area contributed by atoms with Crippen LogP contribution in [0.4, 0.5) is 10.1 Å². The lowest BCUT2D eigenvalue weighted by molar-refractivity contribution is -0.113. The summed E-state index contributed by atoms with van der Waals surface area (Å²) >= 11 is 2.63. The molecule has 2 aromatic carbocycles. The normalized spacial score (nSPS) is 11.0. The van der Waals surface area contributed by atoms with E-state index in [-0.39, 0.29) is 17.5 Å². The van der Waals surface area contributed by atoms with Gasteiger partial charge in [0.15, 0.2) is 0 Å². The van der Waals surface area contributed by atoms with Crippen molar-refractivity contribution in [1.82, 2.24) is 14.3 Å². The lowest BCUT2D eigenvalue weighted by Crippen LogP contribution is -2.15. The van der Waals surface area contributed by atoms with Crippen LogP contribution in [0.5, 0.6) is 0 Å². The van der Waals surface area contributed by atoms with Crippen molar-refractivity contribution in [3.05, 3.63) is 66.2 Å². The molecule has 4 rings (SSSR count). The Kier molecular flexibility index (Phi) is 5.82. The van der Waals surface area contributed by atoms with Crippen LogP contribution in [-0.4, -0.2) is 26.0 Å². The molecule has 2 aromatic heterocycles. The third-order valence-corrected chi connectivity index (χ3v) is 6.32. The van der Waals surface area contributed by atoms with Crippen molar-refractivity contribution in [2.45, 2.75) is 18.4 Å². The highest BCUT2D eigenvalue weighted by molar-refractivity contribution is 8.00. The molecule has 1 amide bonds. The van der Waals surface area contributed by atoms with Crippen LogP contribution in [0, 0.1) is 5.82 Å². The van der Waals surface area contributed by atoms with Gasteiger partial charge in [0.25, 0.3) is 0 Å². The summed E-state index contributed by atoms with van der Waals surface area (Å²) < 4.78 is 18.5. The van der Waals surface area contributed by atoms with E-state index in [9.17, 15) is 9.18 Å². The summed E-state index contributed by atoms with van der Waals surface area (Å²) in [5, 5.41) is 3.67. The van der Waals surface area contributed by atoms with Crippen molar-refractivity contribution < 1.29 is 9.18 Å². The van der Waals surface area contributed by atoms with Gasteiger partial charge in [-0.05, 0) is 53.8 Å². The fourth-order valence-electron chi connectivity index (χ4n) is 2.91. The SMILES string of the molecule is CCc1ccccc1NC(=O)CSc1ncnc2c(-c3ccc(F)cc3)nsc12. The van der Waals surface area contributed by atoms with E-state index in [1.54, 1.807) is 12.1 Å². The third kappa shape index (κ3) is 4.28. The molecule has 146 valence electrons. The summed E-state index contributed by atoms with van der Waals surface area (Å²) in [6, 6.07) is 13.9. The number of aromatic nitrogens is 3. The molecule has 4 aromatic rings. The summed E-state index contributed by atoms with van der Waals surface area (Å²) in [4.78, 5) is 21.1. The zero-order valence-corrected chi connectivity index (χ0v) is 17.2. The number of carbonyl (C=O) groups excluding carboxylic acids is 1. The first-order valence-corrected chi connectivity index (χ1v) is 10.8. The molecular weight excluding hydrogens is 407 g/mol. The number of aryl methyl sites for hydroxylation is 1. The van der Waals surface area contributed by atoms with Crippen molar-refractivity contribution in [2.24, 2.45) is 0 Å². The fraction of sp³-hybridized carbons (Fsp3) is 0.143. The summed E-state index contributed by atoms with van der Waals surface area (Å²) in [6.45, 7) is 2.06. The molecule has 1 N–H and O–H groups in total. The largest absolute Gasteiger partial charge is 0.325 e. The Bertz CT molecular complexity index is 1160.